The van der Waals surface area contributed by atoms with Crippen LogP contribution in [0.3, 0.4) is 0 Å². The summed E-state index contributed by atoms with van der Waals surface area (Å²) in [4.78, 5) is 11.5. The first-order valence-corrected chi connectivity index (χ1v) is 4.89. The molecule has 82 valence electrons. The lowest BCUT2D eigenvalue weighted by Gasteiger charge is -2.17. The molecule has 1 aliphatic heterocycles. The topological polar surface area (TPSA) is 38.3 Å². The van der Waals surface area contributed by atoms with Crippen LogP contribution in [0.2, 0.25) is 0 Å². The molecule has 0 bridgehead atoms. The maximum atomic E-state index is 13.5. The Labute approximate surface area is 92.6 Å². The number of ether oxygens (including phenoxy) is 1. The van der Waals surface area contributed by atoms with Gasteiger partial charge in [-0.1, -0.05) is 5.92 Å². The highest BCUT2D eigenvalue weighted by atomic mass is 19.1. The first-order chi connectivity index (χ1) is 7.72. The summed E-state index contributed by atoms with van der Waals surface area (Å²) in [7, 11) is 0. The lowest BCUT2D eigenvalue weighted by molar-refractivity contribution is 0.0945. The fourth-order valence-corrected chi connectivity index (χ4v) is 1.65. The van der Waals surface area contributed by atoms with Crippen LogP contribution in [0.5, 0.6) is 5.75 Å². The van der Waals surface area contributed by atoms with E-state index in [0.29, 0.717) is 24.1 Å². The maximum Gasteiger partial charge on any atom is 0.251 e. The molecular weight excluding hydrogens is 209 g/mol. The largest absolute Gasteiger partial charge is 0.478 e. The van der Waals surface area contributed by atoms with Crippen molar-refractivity contribution in [2.45, 2.75) is 6.42 Å². The van der Waals surface area contributed by atoms with Crippen molar-refractivity contribution in [2.24, 2.45) is 0 Å². The van der Waals surface area contributed by atoms with Gasteiger partial charge in [0.05, 0.1) is 0 Å². The van der Waals surface area contributed by atoms with Crippen molar-refractivity contribution >= 4 is 5.91 Å². The van der Waals surface area contributed by atoms with Gasteiger partial charge in [0.1, 0.15) is 6.61 Å². The van der Waals surface area contributed by atoms with Crippen molar-refractivity contribution in [1.82, 2.24) is 5.32 Å². The Hall–Kier alpha value is -2.02. The van der Waals surface area contributed by atoms with Gasteiger partial charge in [0.15, 0.2) is 11.6 Å². The lowest BCUT2D eigenvalue weighted by Crippen LogP contribution is -2.31. The zero-order valence-electron chi connectivity index (χ0n) is 8.55. The molecule has 0 fully saturated rings. The van der Waals surface area contributed by atoms with Crippen LogP contribution < -0.4 is 10.1 Å². The second kappa shape index (κ2) is 4.23. The van der Waals surface area contributed by atoms with E-state index < -0.39 is 5.82 Å². The fraction of sp³-hybridized carbons (Fsp3) is 0.250. The first kappa shape index (κ1) is 10.5. The van der Waals surface area contributed by atoms with Crippen molar-refractivity contribution in [3.05, 3.63) is 29.1 Å². The quantitative estimate of drug-likeness (QED) is 0.757. The van der Waals surface area contributed by atoms with Crippen LogP contribution >= 0.6 is 0 Å². The summed E-state index contributed by atoms with van der Waals surface area (Å²) < 4.78 is 18.5. The summed E-state index contributed by atoms with van der Waals surface area (Å²) in [6, 6.07) is 2.73. The minimum atomic E-state index is -0.483. The van der Waals surface area contributed by atoms with E-state index in [9.17, 15) is 9.18 Å². The molecule has 1 N–H and O–H groups in total. The average Bonchev–Trinajstić information content (AvgIpc) is 2.27. The summed E-state index contributed by atoms with van der Waals surface area (Å²) in [6.07, 6.45) is 5.65. The van der Waals surface area contributed by atoms with Gasteiger partial charge in [-0.05, 0) is 24.1 Å². The number of carbonyl (C=O) groups excluding carboxylic acids is 1. The molecule has 16 heavy (non-hydrogen) atoms. The van der Waals surface area contributed by atoms with Gasteiger partial charge in [0.2, 0.25) is 0 Å². The molecular formula is C12H10FNO2. The van der Waals surface area contributed by atoms with Gasteiger partial charge in [-0.25, -0.2) is 4.39 Å². The number of carbonyl (C=O) groups is 1. The Balaban J connectivity index is 2.38. The number of benzene rings is 1. The summed E-state index contributed by atoms with van der Waals surface area (Å²) in [5.74, 6) is 1.58. The molecule has 1 aromatic carbocycles. The van der Waals surface area contributed by atoms with E-state index >= 15 is 0 Å². The minimum Gasteiger partial charge on any atom is -0.478 e. The van der Waals surface area contributed by atoms with E-state index in [2.05, 4.69) is 11.2 Å². The van der Waals surface area contributed by atoms with Gasteiger partial charge in [0.25, 0.3) is 5.91 Å². The van der Waals surface area contributed by atoms with E-state index in [1.54, 1.807) is 0 Å². The van der Waals surface area contributed by atoms with E-state index in [1.165, 1.54) is 12.1 Å². The summed E-state index contributed by atoms with van der Waals surface area (Å²) in [6.45, 7) is 0.521. The molecule has 1 aromatic rings. The standard InChI is InChI=1S/C12H10FNO2/c1-2-5-16-11-7-9-8(6-10(11)13)3-4-14-12(9)15/h1,6-7H,3-5H2,(H,14,15). The number of rotatable bonds is 2. The third-order valence-corrected chi connectivity index (χ3v) is 2.39. The predicted octanol–water partition coefficient (Wildman–Crippen LogP) is 1.12. The van der Waals surface area contributed by atoms with Gasteiger partial charge in [-0.15, -0.1) is 6.42 Å². The molecule has 4 heteroatoms. The zero-order valence-corrected chi connectivity index (χ0v) is 8.55. The van der Waals surface area contributed by atoms with Gasteiger partial charge in [-0.3, -0.25) is 4.79 Å². The Bertz CT molecular complexity index is 477. The van der Waals surface area contributed by atoms with Crippen LogP contribution in [0.1, 0.15) is 15.9 Å². The van der Waals surface area contributed by atoms with Crippen LogP contribution in [0.25, 0.3) is 0 Å². The molecule has 0 saturated carbocycles. The number of fused-ring (bicyclic) bond motifs is 1. The fourth-order valence-electron chi connectivity index (χ4n) is 1.65. The smallest absolute Gasteiger partial charge is 0.251 e. The van der Waals surface area contributed by atoms with E-state index in [0.717, 1.165) is 0 Å². The highest BCUT2D eigenvalue weighted by molar-refractivity contribution is 5.97. The van der Waals surface area contributed by atoms with Crippen molar-refractivity contribution in [3.8, 4) is 18.1 Å². The number of hydrogen-bond donors (Lipinski definition) is 1. The normalized spacial score (nSPS) is 13.6. The molecule has 1 heterocycles. The van der Waals surface area contributed by atoms with Crippen LogP contribution in [-0.4, -0.2) is 19.1 Å². The molecule has 0 radical (unpaired) electrons. The monoisotopic (exact) mass is 219 g/mol. The summed E-state index contributed by atoms with van der Waals surface area (Å²) in [5, 5.41) is 2.68. The van der Waals surface area contributed by atoms with E-state index in [-0.39, 0.29) is 18.3 Å². The first-order valence-electron chi connectivity index (χ1n) is 4.89. The van der Waals surface area contributed by atoms with Crippen LogP contribution in [0, 0.1) is 18.2 Å². The molecule has 2 rings (SSSR count). The number of terminal acetylenes is 1. The second-order valence-corrected chi connectivity index (χ2v) is 3.44. The average molecular weight is 219 g/mol. The Morgan fingerprint density at radius 1 is 1.56 bits per heavy atom. The Morgan fingerprint density at radius 3 is 3.12 bits per heavy atom. The Morgan fingerprint density at radius 2 is 2.38 bits per heavy atom. The van der Waals surface area contributed by atoms with Crippen molar-refractivity contribution < 1.29 is 13.9 Å². The van der Waals surface area contributed by atoms with Crippen molar-refractivity contribution in [2.75, 3.05) is 13.2 Å². The molecule has 0 aliphatic carbocycles. The minimum absolute atomic E-state index is 0.0165. The number of halogens is 1. The molecule has 3 nitrogen and oxygen atoms in total. The van der Waals surface area contributed by atoms with Crippen molar-refractivity contribution in [1.29, 1.82) is 0 Å². The molecule has 0 spiro atoms. The SMILES string of the molecule is C#CCOc1cc2c(cc1F)CCNC2=O. The zero-order chi connectivity index (χ0) is 11.5. The molecule has 1 amide bonds. The second-order valence-electron chi connectivity index (χ2n) is 3.44. The van der Waals surface area contributed by atoms with Gasteiger partial charge < -0.3 is 10.1 Å². The number of nitrogens with one attached hydrogen (secondary N) is 1. The molecule has 0 aromatic heterocycles. The van der Waals surface area contributed by atoms with E-state index in [1.807, 2.05) is 0 Å². The van der Waals surface area contributed by atoms with Crippen molar-refractivity contribution in [3.63, 3.8) is 0 Å². The lowest BCUT2D eigenvalue weighted by atomic mass is 10.00. The maximum absolute atomic E-state index is 13.5. The third kappa shape index (κ3) is 1.84. The van der Waals surface area contributed by atoms with Crippen LogP contribution in [0.4, 0.5) is 4.39 Å². The van der Waals surface area contributed by atoms with Crippen LogP contribution in [-0.2, 0) is 6.42 Å². The molecule has 0 unspecified atom stereocenters. The Kier molecular flexibility index (Phi) is 2.78. The summed E-state index contributed by atoms with van der Waals surface area (Å²) in [5.41, 5.74) is 1.16. The molecule has 0 atom stereocenters. The highest BCUT2D eigenvalue weighted by Gasteiger charge is 2.19. The van der Waals surface area contributed by atoms with Gasteiger partial charge >= 0.3 is 0 Å². The highest BCUT2D eigenvalue weighted by Crippen LogP contribution is 2.24. The number of hydrogen-bond acceptors (Lipinski definition) is 2. The van der Waals surface area contributed by atoms with Gasteiger partial charge in [-0.2, -0.15) is 0 Å². The molecule has 0 saturated heterocycles. The van der Waals surface area contributed by atoms with E-state index in [4.69, 9.17) is 11.2 Å². The third-order valence-electron chi connectivity index (χ3n) is 2.39. The number of amides is 1. The van der Waals surface area contributed by atoms with Crippen LogP contribution in [0.15, 0.2) is 12.1 Å². The predicted molar refractivity (Wildman–Crippen MR) is 56.8 cm³/mol. The molecule has 1 aliphatic rings. The van der Waals surface area contributed by atoms with Gasteiger partial charge in [0, 0.05) is 12.1 Å². The summed E-state index contributed by atoms with van der Waals surface area (Å²) >= 11 is 0.